The van der Waals surface area contributed by atoms with Gasteiger partial charge in [-0.1, -0.05) is 26.2 Å². The summed E-state index contributed by atoms with van der Waals surface area (Å²) in [6.07, 6.45) is 4.66. The molecule has 0 fully saturated rings. The molecule has 0 atom stereocenters. The smallest absolute Gasteiger partial charge is 0.255 e. The van der Waals surface area contributed by atoms with Crippen LogP contribution in [0.1, 0.15) is 43.0 Å². The Bertz CT molecular complexity index is 686. The molecule has 0 radical (unpaired) electrons. The number of carbonyl (C=O) groups excluding carboxylic acids is 1. The normalized spacial score (nSPS) is 10.4. The van der Waals surface area contributed by atoms with E-state index in [2.05, 4.69) is 28.2 Å². The maximum atomic E-state index is 12.4. The SMILES string of the molecule is CCCCCCOc1ccc(C(=O)Nc2ccc(OC)cc2)cc1Br. The maximum Gasteiger partial charge on any atom is 0.255 e. The molecule has 0 saturated heterocycles. The highest BCUT2D eigenvalue weighted by molar-refractivity contribution is 9.10. The molecule has 134 valence electrons. The van der Waals surface area contributed by atoms with Crippen LogP contribution in [-0.4, -0.2) is 19.6 Å². The number of methoxy groups -OCH3 is 1. The molecule has 5 heteroatoms. The van der Waals surface area contributed by atoms with Gasteiger partial charge in [0.25, 0.3) is 5.91 Å². The average molecular weight is 406 g/mol. The molecule has 2 aromatic carbocycles. The number of halogens is 1. The quantitative estimate of drug-likeness (QED) is 0.546. The van der Waals surface area contributed by atoms with Gasteiger partial charge in [-0.25, -0.2) is 0 Å². The van der Waals surface area contributed by atoms with Crippen molar-refractivity contribution in [3.63, 3.8) is 0 Å². The standard InChI is InChI=1S/C20H24BrNO3/c1-3-4-5-6-13-25-19-12-7-15(14-18(19)21)20(23)22-16-8-10-17(24-2)11-9-16/h7-12,14H,3-6,13H2,1-2H3,(H,22,23). The largest absolute Gasteiger partial charge is 0.497 e. The number of rotatable bonds is 9. The van der Waals surface area contributed by atoms with Crippen molar-refractivity contribution in [2.45, 2.75) is 32.6 Å². The number of ether oxygens (including phenoxy) is 2. The third kappa shape index (κ3) is 6.09. The maximum absolute atomic E-state index is 12.4. The topological polar surface area (TPSA) is 47.6 Å². The minimum atomic E-state index is -0.166. The summed E-state index contributed by atoms with van der Waals surface area (Å²) in [5.74, 6) is 1.35. The lowest BCUT2D eigenvalue weighted by Crippen LogP contribution is -2.12. The highest BCUT2D eigenvalue weighted by Crippen LogP contribution is 2.27. The highest BCUT2D eigenvalue weighted by Gasteiger charge is 2.10. The Morgan fingerprint density at radius 1 is 1.08 bits per heavy atom. The van der Waals surface area contributed by atoms with Crippen LogP contribution < -0.4 is 14.8 Å². The first-order chi connectivity index (χ1) is 12.1. The molecule has 1 amide bonds. The number of benzene rings is 2. The van der Waals surface area contributed by atoms with E-state index in [4.69, 9.17) is 9.47 Å². The molecule has 0 heterocycles. The van der Waals surface area contributed by atoms with Crippen LogP contribution in [0.25, 0.3) is 0 Å². The molecule has 4 nitrogen and oxygen atoms in total. The Balaban J connectivity index is 1.92. The lowest BCUT2D eigenvalue weighted by Gasteiger charge is -2.10. The zero-order valence-corrected chi connectivity index (χ0v) is 16.3. The summed E-state index contributed by atoms with van der Waals surface area (Å²) in [6.45, 7) is 2.88. The number of hydrogen-bond donors (Lipinski definition) is 1. The predicted molar refractivity (Wildman–Crippen MR) is 105 cm³/mol. The first kappa shape index (κ1) is 19.3. The first-order valence-electron chi connectivity index (χ1n) is 8.51. The van der Waals surface area contributed by atoms with Gasteiger partial charge in [0.05, 0.1) is 18.2 Å². The Hall–Kier alpha value is -2.01. The summed E-state index contributed by atoms with van der Waals surface area (Å²) in [6, 6.07) is 12.6. The summed E-state index contributed by atoms with van der Waals surface area (Å²) < 4.78 is 11.7. The molecule has 1 N–H and O–H groups in total. The van der Waals surface area contributed by atoms with Crippen molar-refractivity contribution in [1.82, 2.24) is 0 Å². The second-order valence-corrected chi connectivity index (χ2v) is 6.59. The van der Waals surface area contributed by atoms with Crippen LogP contribution in [-0.2, 0) is 0 Å². The Kier molecular flexibility index (Phi) is 7.79. The van der Waals surface area contributed by atoms with Crippen LogP contribution in [0.2, 0.25) is 0 Å². The average Bonchev–Trinajstić information content (AvgIpc) is 2.63. The summed E-state index contributed by atoms with van der Waals surface area (Å²) in [5.41, 5.74) is 1.29. The fourth-order valence-corrected chi connectivity index (χ4v) is 2.84. The van der Waals surface area contributed by atoms with Crippen molar-refractivity contribution < 1.29 is 14.3 Å². The van der Waals surface area contributed by atoms with Crippen LogP contribution in [0.15, 0.2) is 46.9 Å². The number of anilines is 1. The molecule has 0 aliphatic rings. The Morgan fingerprint density at radius 3 is 2.48 bits per heavy atom. The van der Waals surface area contributed by atoms with Crippen molar-refractivity contribution in [1.29, 1.82) is 0 Å². The fraction of sp³-hybridized carbons (Fsp3) is 0.350. The van der Waals surface area contributed by atoms with Gasteiger partial charge in [0.15, 0.2) is 0 Å². The summed E-state index contributed by atoms with van der Waals surface area (Å²) in [5, 5.41) is 2.87. The van der Waals surface area contributed by atoms with Crippen LogP contribution in [0.4, 0.5) is 5.69 Å². The highest BCUT2D eigenvalue weighted by atomic mass is 79.9. The number of hydrogen-bond acceptors (Lipinski definition) is 3. The summed E-state index contributed by atoms with van der Waals surface area (Å²) in [7, 11) is 1.61. The molecule has 0 aromatic heterocycles. The van der Waals surface area contributed by atoms with Crippen LogP contribution in [0.5, 0.6) is 11.5 Å². The summed E-state index contributed by atoms with van der Waals surface area (Å²) >= 11 is 3.48. The van der Waals surface area contributed by atoms with E-state index in [1.54, 1.807) is 43.5 Å². The zero-order valence-electron chi connectivity index (χ0n) is 14.7. The van der Waals surface area contributed by atoms with E-state index >= 15 is 0 Å². The second kappa shape index (κ2) is 10.1. The van der Waals surface area contributed by atoms with E-state index in [1.807, 2.05) is 6.07 Å². The van der Waals surface area contributed by atoms with Crippen molar-refractivity contribution >= 4 is 27.5 Å². The third-order valence-electron chi connectivity index (χ3n) is 3.80. The minimum Gasteiger partial charge on any atom is -0.497 e. The Labute approximate surface area is 157 Å². The predicted octanol–water partition coefficient (Wildman–Crippen LogP) is 5.67. The molecular weight excluding hydrogens is 382 g/mol. The lowest BCUT2D eigenvalue weighted by atomic mass is 10.2. The van der Waals surface area contributed by atoms with E-state index in [9.17, 15) is 4.79 Å². The van der Waals surface area contributed by atoms with E-state index in [0.29, 0.717) is 12.2 Å². The number of amides is 1. The first-order valence-corrected chi connectivity index (χ1v) is 9.31. The van der Waals surface area contributed by atoms with Crippen molar-refractivity contribution in [2.24, 2.45) is 0 Å². The van der Waals surface area contributed by atoms with Gasteiger partial charge in [-0.2, -0.15) is 0 Å². The van der Waals surface area contributed by atoms with E-state index in [0.717, 1.165) is 28.1 Å². The van der Waals surface area contributed by atoms with Crippen molar-refractivity contribution in [2.75, 3.05) is 19.0 Å². The van der Waals surface area contributed by atoms with Gasteiger partial charge in [-0.15, -0.1) is 0 Å². The van der Waals surface area contributed by atoms with Gasteiger partial charge >= 0.3 is 0 Å². The Morgan fingerprint density at radius 2 is 1.84 bits per heavy atom. The van der Waals surface area contributed by atoms with E-state index < -0.39 is 0 Å². The minimum absolute atomic E-state index is 0.166. The molecule has 2 aromatic rings. The summed E-state index contributed by atoms with van der Waals surface area (Å²) in [4.78, 5) is 12.4. The van der Waals surface area contributed by atoms with Gasteiger partial charge in [-0.05, 0) is 64.8 Å². The zero-order chi connectivity index (χ0) is 18.1. The van der Waals surface area contributed by atoms with Gasteiger partial charge in [-0.3, -0.25) is 4.79 Å². The molecule has 0 aliphatic carbocycles. The van der Waals surface area contributed by atoms with Gasteiger partial charge in [0.1, 0.15) is 11.5 Å². The molecule has 2 rings (SSSR count). The molecule has 0 saturated carbocycles. The van der Waals surface area contributed by atoms with Crippen LogP contribution in [0, 0.1) is 0 Å². The number of unbranched alkanes of at least 4 members (excludes halogenated alkanes) is 3. The van der Waals surface area contributed by atoms with E-state index in [1.165, 1.54) is 19.3 Å². The van der Waals surface area contributed by atoms with Gasteiger partial charge in [0, 0.05) is 11.3 Å². The molecule has 0 aliphatic heterocycles. The van der Waals surface area contributed by atoms with Crippen LogP contribution >= 0.6 is 15.9 Å². The van der Waals surface area contributed by atoms with Crippen molar-refractivity contribution in [3.05, 3.63) is 52.5 Å². The molecule has 0 unspecified atom stereocenters. The fourth-order valence-electron chi connectivity index (χ4n) is 2.35. The number of carbonyl (C=O) groups is 1. The van der Waals surface area contributed by atoms with E-state index in [-0.39, 0.29) is 5.91 Å². The molecule has 0 spiro atoms. The second-order valence-electron chi connectivity index (χ2n) is 5.74. The monoisotopic (exact) mass is 405 g/mol. The molecule has 0 bridgehead atoms. The lowest BCUT2D eigenvalue weighted by molar-refractivity contribution is 0.102. The van der Waals surface area contributed by atoms with Crippen LogP contribution in [0.3, 0.4) is 0 Å². The van der Waals surface area contributed by atoms with Gasteiger partial charge < -0.3 is 14.8 Å². The third-order valence-corrected chi connectivity index (χ3v) is 4.42. The van der Waals surface area contributed by atoms with Gasteiger partial charge in [0.2, 0.25) is 0 Å². The van der Waals surface area contributed by atoms with Crippen molar-refractivity contribution in [3.8, 4) is 11.5 Å². The molecular formula is C20H24BrNO3. The number of nitrogens with one attached hydrogen (secondary N) is 1. The molecule has 25 heavy (non-hydrogen) atoms.